The van der Waals surface area contributed by atoms with Crippen molar-refractivity contribution in [2.45, 2.75) is 32.6 Å². The van der Waals surface area contributed by atoms with E-state index in [1.54, 1.807) is 25.1 Å². The summed E-state index contributed by atoms with van der Waals surface area (Å²) in [6.45, 7) is 1.77. The Labute approximate surface area is 112 Å². The van der Waals surface area contributed by atoms with E-state index in [4.69, 9.17) is 0 Å². The average molecular weight is 258 g/mol. The highest BCUT2D eigenvalue weighted by atomic mass is 16.3. The summed E-state index contributed by atoms with van der Waals surface area (Å²) in [6, 6.07) is 5.14. The zero-order chi connectivity index (χ0) is 13.4. The molecule has 3 rings (SSSR count). The van der Waals surface area contributed by atoms with Gasteiger partial charge < -0.3 is 5.11 Å². The number of hydrogen-bond donors (Lipinski definition) is 2. The van der Waals surface area contributed by atoms with Crippen molar-refractivity contribution in [2.24, 2.45) is 16.9 Å². The van der Waals surface area contributed by atoms with Crippen molar-refractivity contribution in [1.82, 2.24) is 5.43 Å². The largest absolute Gasteiger partial charge is 0.507 e. The Hall–Kier alpha value is -1.84. The van der Waals surface area contributed by atoms with E-state index in [0.29, 0.717) is 11.5 Å². The molecule has 2 N–H and O–H groups in total. The molecule has 0 saturated heterocycles. The molecule has 1 aromatic rings. The molecule has 1 amide bonds. The van der Waals surface area contributed by atoms with Crippen molar-refractivity contribution in [1.29, 1.82) is 0 Å². The second kappa shape index (κ2) is 4.68. The Kier molecular flexibility index (Phi) is 3.01. The molecule has 2 atom stereocenters. The van der Waals surface area contributed by atoms with Gasteiger partial charge >= 0.3 is 0 Å². The first-order valence-electron chi connectivity index (χ1n) is 6.80. The molecule has 2 fully saturated rings. The highest BCUT2D eigenvalue weighted by Crippen LogP contribution is 2.42. The lowest BCUT2D eigenvalue weighted by molar-refractivity contribution is 0.0951. The van der Waals surface area contributed by atoms with Crippen LogP contribution < -0.4 is 5.43 Å². The lowest BCUT2D eigenvalue weighted by atomic mass is 9.99. The van der Waals surface area contributed by atoms with Crippen molar-refractivity contribution in [2.75, 3.05) is 0 Å². The summed E-state index contributed by atoms with van der Waals surface area (Å²) in [4.78, 5) is 12.0. The number of rotatable bonds is 2. The van der Waals surface area contributed by atoms with Gasteiger partial charge in [-0.1, -0.05) is 12.1 Å². The summed E-state index contributed by atoms with van der Waals surface area (Å²) >= 11 is 0. The van der Waals surface area contributed by atoms with E-state index in [9.17, 15) is 9.90 Å². The van der Waals surface area contributed by atoms with Gasteiger partial charge in [-0.3, -0.25) is 4.79 Å². The van der Waals surface area contributed by atoms with Crippen molar-refractivity contribution >= 4 is 11.6 Å². The van der Waals surface area contributed by atoms with Gasteiger partial charge in [-0.15, -0.1) is 0 Å². The fourth-order valence-corrected chi connectivity index (χ4v) is 3.19. The summed E-state index contributed by atoms with van der Waals surface area (Å²) in [5, 5.41) is 14.1. The van der Waals surface area contributed by atoms with E-state index in [-0.39, 0.29) is 17.2 Å². The Morgan fingerprint density at radius 2 is 2.26 bits per heavy atom. The third-order valence-electron chi connectivity index (χ3n) is 4.29. The third-order valence-corrected chi connectivity index (χ3v) is 4.29. The Bertz CT molecular complexity index is 551. The van der Waals surface area contributed by atoms with Crippen LogP contribution in [0.5, 0.6) is 5.75 Å². The number of amides is 1. The number of phenolic OH excluding ortho intramolecular Hbond substituents is 1. The van der Waals surface area contributed by atoms with Gasteiger partial charge in [0.1, 0.15) is 5.75 Å². The number of fused-ring (bicyclic) bond motifs is 2. The number of aromatic hydroxyl groups is 1. The standard InChI is InChI=1S/C15H18N2O2/c1-9-3-2-4-12(14(9)18)15(19)17-16-13-8-10-5-6-11(13)7-10/h2-4,10-11,18H,5-8H2,1H3,(H,17,19). The number of aryl methyl sites for hydroxylation is 1. The minimum Gasteiger partial charge on any atom is -0.507 e. The smallest absolute Gasteiger partial charge is 0.275 e. The first-order valence-corrected chi connectivity index (χ1v) is 6.80. The molecule has 0 radical (unpaired) electrons. The van der Waals surface area contributed by atoms with E-state index in [1.807, 2.05) is 0 Å². The molecule has 19 heavy (non-hydrogen) atoms. The number of carbonyl (C=O) groups is 1. The lowest BCUT2D eigenvalue weighted by Crippen LogP contribution is -2.22. The molecule has 0 aliphatic heterocycles. The average Bonchev–Trinajstić information content (AvgIpc) is 3.01. The summed E-state index contributed by atoms with van der Waals surface area (Å²) in [5.74, 6) is 1.04. The third kappa shape index (κ3) is 2.23. The van der Waals surface area contributed by atoms with Crippen molar-refractivity contribution in [3.8, 4) is 5.75 Å². The predicted octanol–water partition coefficient (Wildman–Crippen LogP) is 2.61. The maximum Gasteiger partial charge on any atom is 0.275 e. The van der Waals surface area contributed by atoms with Gasteiger partial charge in [-0.2, -0.15) is 5.10 Å². The van der Waals surface area contributed by atoms with Crippen molar-refractivity contribution in [3.05, 3.63) is 29.3 Å². The van der Waals surface area contributed by atoms with Crippen molar-refractivity contribution < 1.29 is 9.90 Å². The maximum absolute atomic E-state index is 12.0. The summed E-state index contributed by atoms with van der Waals surface area (Å²) in [7, 11) is 0. The van der Waals surface area contributed by atoms with E-state index in [1.165, 1.54) is 19.3 Å². The molecular formula is C15H18N2O2. The molecule has 2 aliphatic carbocycles. The Balaban J connectivity index is 1.72. The molecule has 0 spiro atoms. The molecule has 4 heteroatoms. The van der Waals surface area contributed by atoms with E-state index < -0.39 is 0 Å². The minimum absolute atomic E-state index is 0.0353. The van der Waals surface area contributed by atoms with Gasteiger partial charge in [-0.05, 0) is 56.1 Å². The Morgan fingerprint density at radius 1 is 1.42 bits per heavy atom. The number of para-hydroxylation sites is 1. The summed E-state index contributed by atoms with van der Waals surface area (Å²) in [6.07, 6.45) is 4.75. The molecule has 2 saturated carbocycles. The molecule has 100 valence electrons. The number of hydrogen-bond acceptors (Lipinski definition) is 3. The van der Waals surface area contributed by atoms with Gasteiger partial charge in [0, 0.05) is 5.71 Å². The lowest BCUT2D eigenvalue weighted by Gasteiger charge is -2.12. The van der Waals surface area contributed by atoms with Gasteiger partial charge in [-0.25, -0.2) is 5.43 Å². The Morgan fingerprint density at radius 3 is 2.95 bits per heavy atom. The van der Waals surface area contributed by atoms with Crippen LogP contribution in [0.2, 0.25) is 0 Å². The van der Waals surface area contributed by atoms with Crippen molar-refractivity contribution in [3.63, 3.8) is 0 Å². The molecule has 2 unspecified atom stereocenters. The fraction of sp³-hybridized carbons (Fsp3) is 0.467. The molecule has 2 bridgehead atoms. The van der Waals surface area contributed by atoms with Crippen LogP contribution in [0.1, 0.15) is 41.6 Å². The quantitative estimate of drug-likeness (QED) is 0.801. The number of hydrazone groups is 1. The van der Waals surface area contributed by atoms with Gasteiger partial charge in [0.25, 0.3) is 5.91 Å². The molecule has 0 aromatic heterocycles. The topological polar surface area (TPSA) is 61.7 Å². The van der Waals surface area contributed by atoms with Crippen LogP contribution in [0.4, 0.5) is 0 Å². The SMILES string of the molecule is Cc1cccc(C(=O)NN=C2CC3CCC2C3)c1O. The summed E-state index contributed by atoms with van der Waals surface area (Å²) in [5.41, 5.74) is 4.68. The molecule has 4 nitrogen and oxygen atoms in total. The first kappa shape index (κ1) is 12.2. The number of nitrogens with one attached hydrogen (secondary N) is 1. The minimum atomic E-state index is -0.337. The van der Waals surface area contributed by atoms with Gasteiger partial charge in [0.15, 0.2) is 0 Å². The van der Waals surface area contributed by atoms with E-state index >= 15 is 0 Å². The van der Waals surface area contributed by atoms with Gasteiger partial charge in [0.05, 0.1) is 5.56 Å². The van der Waals surface area contributed by atoms with E-state index in [0.717, 1.165) is 18.1 Å². The highest BCUT2D eigenvalue weighted by Gasteiger charge is 2.36. The number of nitrogens with zero attached hydrogens (tertiary/aromatic N) is 1. The molecular weight excluding hydrogens is 240 g/mol. The fourth-order valence-electron chi connectivity index (χ4n) is 3.19. The highest BCUT2D eigenvalue weighted by molar-refractivity contribution is 5.98. The van der Waals surface area contributed by atoms with Crippen LogP contribution in [0, 0.1) is 18.8 Å². The van der Waals surface area contributed by atoms with Crippen LogP contribution in [-0.2, 0) is 0 Å². The second-order valence-electron chi connectivity index (χ2n) is 5.60. The molecule has 0 heterocycles. The number of phenols is 1. The number of carbonyl (C=O) groups excluding carboxylic acids is 1. The normalized spacial score (nSPS) is 26.9. The molecule has 1 aromatic carbocycles. The number of benzene rings is 1. The maximum atomic E-state index is 12.0. The van der Waals surface area contributed by atoms with Crippen LogP contribution in [0.3, 0.4) is 0 Å². The first-order chi connectivity index (χ1) is 9.15. The van der Waals surface area contributed by atoms with Crippen LogP contribution >= 0.6 is 0 Å². The van der Waals surface area contributed by atoms with Crippen LogP contribution in [0.25, 0.3) is 0 Å². The van der Waals surface area contributed by atoms with Crippen LogP contribution in [-0.4, -0.2) is 16.7 Å². The predicted molar refractivity (Wildman–Crippen MR) is 73.2 cm³/mol. The molecule has 2 aliphatic rings. The summed E-state index contributed by atoms with van der Waals surface area (Å²) < 4.78 is 0. The second-order valence-corrected chi connectivity index (χ2v) is 5.60. The monoisotopic (exact) mass is 258 g/mol. The zero-order valence-corrected chi connectivity index (χ0v) is 11.0. The zero-order valence-electron chi connectivity index (χ0n) is 11.0. The van der Waals surface area contributed by atoms with Crippen LogP contribution in [0.15, 0.2) is 23.3 Å². The van der Waals surface area contributed by atoms with E-state index in [2.05, 4.69) is 10.5 Å². The van der Waals surface area contributed by atoms with Gasteiger partial charge in [0.2, 0.25) is 0 Å².